The Kier molecular flexibility index (Phi) is 6.06. The van der Waals surface area contributed by atoms with Gasteiger partial charge in [-0.05, 0) is 31.0 Å². The van der Waals surface area contributed by atoms with E-state index in [1.807, 2.05) is 32.0 Å². The average molecular weight is 334 g/mol. The molecule has 0 spiro atoms. The highest BCUT2D eigenvalue weighted by molar-refractivity contribution is 5.89. The van der Waals surface area contributed by atoms with Gasteiger partial charge in [-0.3, -0.25) is 9.59 Å². The van der Waals surface area contributed by atoms with Crippen molar-refractivity contribution in [1.82, 2.24) is 10.2 Å². The van der Waals surface area contributed by atoms with Crippen LogP contribution in [0, 0.1) is 5.92 Å². The van der Waals surface area contributed by atoms with Gasteiger partial charge in [-0.1, -0.05) is 13.0 Å². The maximum Gasteiger partial charge on any atom is 0.225 e. The Bertz CT molecular complexity index is 603. The molecule has 1 aliphatic heterocycles. The molecule has 0 aromatic heterocycles. The summed E-state index contributed by atoms with van der Waals surface area (Å²) >= 11 is 0. The first-order valence-electron chi connectivity index (χ1n) is 8.27. The molecular formula is C18H26N2O4. The predicted molar refractivity (Wildman–Crippen MR) is 91.0 cm³/mol. The Morgan fingerprint density at radius 1 is 1.33 bits per heavy atom. The highest BCUT2D eigenvalue weighted by Crippen LogP contribution is 2.29. The van der Waals surface area contributed by atoms with Gasteiger partial charge in [0.2, 0.25) is 11.8 Å². The molecule has 0 saturated carbocycles. The lowest BCUT2D eigenvalue weighted by atomic mass is 10.1. The maximum atomic E-state index is 12.2. The van der Waals surface area contributed by atoms with Gasteiger partial charge in [0.25, 0.3) is 0 Å². The van der Waals surface area contributed by atoms with Gasteiger partial charge < -0.3 is 19.7 Å². The summed E-state index contributed by atoms with van der Waals surface area (Å²) in [5, 5.41) is 2.96. The first-order chi connectivity index (χ1) is 11.5. The van der Waals surface area contributed by atoms with Crippen LogP contribution in [0.4, 0.5) is 0 Å². The zero-order valence-electron chi connectivity index (χ0n) is 14.8. The van der Waals surface area contributed by atoms with E-state index in [2.05, 4.69) is 5.32 Å². The number of rotatable bonds is 7. The van der Waals surface area contributed by atoms with E-state index in [4.69, 9.17) is 9.47 Å². The van der Waals surface area contributed by atoms with Gasteiger partial charge in [0.15, 0.2) is 11.5 Å². The molecule has 6 nitrogen and oxygen atoms in total. The van der Waals surface area contributed by atoms with Gasteiger partial charge in [-0.2, -0.15) is 0 Å². The van der Waals surface area contributed by atoms with Crippen LogP contribution in [0.15, 0.2) is 18.2 Å². The quantitative estimate of drug-likeness (QED) is 0.828. The molecular weight excluding hydrogens is 308 g/mol. The van der Waals surface area contributed by atoms with Crippen molar-refractivity contribution in [2.24, 2.45) is 5.92 Å². The molecule has 1 heterocycles. The first-order valence-corrected chi connectivity index (χ1v) is 8.27. The fraction of sp³-hybridized carbons (Fsp3) is 0.556. The second-order valence-electron chi connectivity index (χ2n) is 6.18. The lowest BCUT2D eigenvalue weighted by Crippen LogP contribution is -2.38. The zero-order valence-corrected chi connectivity index (χ0v) is 14.8. The summed E-state index contributed by atoms with van der Waals surface area (Å²) < 4.78 is 10.5. The van der Waals surface area contributed by atoms with E-state index in [-0.39, 0.29) is 30.2 Å². The average Bonchev–Trinajstić information content (AvgIpc) is 2.95. The van der Waals surface area contributed by atoms with Crippen molar-refractivity contribution >= 4 is 11.8 Å². The lowest BCUT2D eigenvalue weighted by molar-refractivity contribution is -0.129. The number of carbonyl (C=O) groups is 2. The summed E-state index contributed by atoms with van der Waals surface area (Å²) in [5.74, 6) is 0.987. The van der Waals surface area contributed by atoms with Crippen LogP contribution in [0.25, 0.3) is 0 Å². The number of carbonyl (C=O) groups excluding carboxylic acids is 2. The number of benzene rings is 1. The maximum absolute atomic E-state index is 12.2. The number of hydrogen-bond acceptors (Lipinski definition) is 4. The molecule has 1 saturated heterocycles. The topological polar surface area (TPSA) is 67.9 Å². The number of likely N-dealkylation sites (tertiary alicyclic amines) is 1. The van der Waals surface area contributed by atoms with Crippen LogP contribution in [-0.2, 0) is 16.1 Å². The van der Waals surface area contributed by atoms with Crippen molar-refractivity contribution in [1.29, 1.82) is 0 Å². The number of methoxy groups -OCH3 is 2. The van der Waals surface area contributed by atoms with Gasteiger partial charge >= 0.3 is 0 Å². The van der Waals surface area contributed by atoms with Crippen molar-refractivity contribution in [3.05, 3.63) is 23.8 Å². The molecule has 1 aliphatic rings. The van der Waals surface area contributed by atoms with Crippen molar-refractivity contribution < 1.29 is 19.1 Å². The Labute approximate surface area is 143 Å². The molecule has 1 fully saturated rings. The number of nitrogens with zero attached hydrogens (tertiary/aromatic N) is 1. The lowest BCUT2D eigenvalue weighted by Gasteiger charge is -2.18. The Hall–Kier alpha value is -2.24. The number of hydrogen-bond donors (Lipinski definition) is 1. The van der Waals surface area contributed by atoms with Gasteiger partial charge in [-0.15, -0.1) is 0 Å². The Morgan fingerprint density at radius 2 is 2.04 bits per heavy atom. The molecule has 1 aromatic rings. The van der Waals surface area contributed by atoms with Crippen molar-refractivity contribution in [2.75, 3.05) is 20.8 Å². The van der Waals surface area contributed by atoms with E-state index in [1.54, 1.807) is 19.1 Å². The summed E-state index contributed by atoms with van der Waals surface area (Å²) in [6, 6.07) is 5.72. The number of amides is 2. The number of ether oxygens (including phenoxy) is 2. The fourth-order valence-corrected chi connectivity index (χ4v) is 2.76. The van der Waals surface area contributed by atoms with Crippen LogP contribution >= 0.6 is 0 Å². The van der Waals surface area contributed by atoms with E-state index < -0.39 is 0 Å². The SMILES string of the molecule is CCC(C)NC(=O)C1CC(=O)N(Cc2ccc(OC)c(OC)c2)C1. The summed E-state index contributed by atoms with van der Waals surface area (Å²) in [4.78, 5) is 26.2. The van der Waals surface area contributed by atoms with Gasteiger partial charge in [0.1, 0.15) is 0 Å². The minimum absolute atomic E-state index is 0.00841. The van der Waals surface area contributed by atoms with Crippen LogP contribution in [0.2, 0.25) is 0 Å². The second kappa shape index (κ2) is 8.04. The zero-order chi connectivity index (χ0) is 17.7. The standard InChI is InChI=1S/C18H26N2O4/c1-5-12(2)19-18(22)14-9-17(21)20(11-14)10-13-6-7-15(23-3)16(8-13)24-4/h6-8,12,14H,5,9-11H2,1-4H3,(H,19,22). The van der Waals surface area contributed by atoms with Crippen LogP contribution in [0.1, 0.15) is 32.3 Å². The molecule has 0 radical (unpaired) electrons. The van der Waals surface area contributed by atoms with Gasteiger partial charge in [0.05, 0.1) is 20.1 Å². The summed E-state index contributed by atoms with van der Waals surface area (Å²) in [6.07, 6.45) is 1.15. The fourth-order valence-electron chi connectivity index (χ4n) is 2.76. The molecule has 2 amide bonds. The first kappa shape index (κ1) is 18.1. The van der Waals surface area contributed by atoms with Crippen molar-refractivity contribution in [3.8, 4) is 11.5 Å². The van der Waals surface area contributed by atoms with Crippen LogP contribution in [0.5, 0.6) is 11.5 Å². The van der Waals surface area contributed by atoms with E-state index >= 15 is 0 Å². The van der Waals surface area contributed by atoms with Gasteiger partial charge in [-0.25, -0.2) is 0 Å². The minimum atomic E-state index is -0.272. The van der Waals surface area contributed by atoms with Crippen molar-refractivity contribution in [2.45, 2.75) is 39.3 Å². The minimum Gasteiger partial charge on any atom is -0.493 e. The molecule has 2 unspecified atom stereocenters. The van der Waals surface area contributed by atoms with E-state index in [0.717, 1.165) is 12.0 Å². The van der Waals surface area contributed by atoms with E-state index in [9.17, 15) is 9.59 Å². The second-order valence-corrected chi connectivity index (χ2v) is 6.18. The van der Waals surface area contributed by atoms with Crippen LogP contribution in [0.3, 0.4) is 0 Å². The Morgan fingerprint density at radius 3 is 2.67 bits per heavy atom. The van der Waals surface area contributed by atoms with Gasteiger partial charge in [0, 0.05) is 25.6 Å². The Balaban J connectivity index is 2.01. The summed E-state index contributed by atoms with van der Waals surface area (Å²) in [5.41, 5.74) is 0.948. The largest absolute Gasteiger partial charge is 0.493 e. The van der Waals surface area contributed by atoms with Crippen molar-refractivity contribution in [3.63, 3.8) is 0 Å². The summed E-state index contributed by atoms with van der Waals surface area (Å²) in [7, 11) is 3.17. The molecule has 2 atom stereocenters. The smallest absolute Gasteiger partial charge is 0.225 e. The number of nitrogens with one attached hydrogen (secondary N) is 1. The van der Waals surface area contributed by atoms with Crippen LogP contribution in [-0.4, -0.2) is 43.5 Å². The third-order valence-corrected chi connectivity index (χ3v) is 4.41. The van der Waals surface area contributed by atoms with Crippen LogP contribution < -0.4 is 14.8 Å². The highest BCUT2D eigenvalue weighted by Gasteiger charge is 2.34. The third-order valence-electron chi connectivity index (χ3n) is 4.41. The molecule has 0 bridgehead atoms. The molecule has 1 N–H and O–H groups in total. The molecule has 0 aliphatic carbocycles. The molecule has 6 heteroatoms. The summed E-state index contributed by atoms with van der Waals surface area (Å²) in [6.45, 7) is 4.91. The van der Waals surface area contributed by atoms with E-state index in [1.165, 1.54) is 0 Å². The highest BCUT2D eigenvalue weighted by atomic mass is 16.5. The predicted octanol–water partition coefficient (Wildman–Crippen LogP) is 1.97. The molecule has 132 valence electrons. The molecule has 2 rings (SSSR count). The third kappa shape index (κ3) is 4.19. The molecule has 24 heavy (non-hydrogen) atoms. The van der Waals surface area contributed by atoms with E-state index in [0.29, 0.717) is 24.6 Å². The molecule has 1 aromatic carbocycles. The normalized spacial score (nSPS) is 18.4. The monoisotopic (exact) mass is 334 g/mol.